The summed E-state index contributed by atoms with van der Waals surface area (Å²) in [7, 11) is 1.62. The number of carboxylic acid groups (broad SMARTS) is 1. The molecule has 0 bridgehead atoms. The molecule has 0 aromatic heterocycles. The minimum Gasteiger partial charge on any atom is -0.497 e. The fourth-order valence-corrected chi connectivity index (χ4v) is 2.83. The van der Waals surface area contributed by atoms with Gasteiger partial charge in [0.05, 0.1) is 12.5 Å². The Hall–Kier alpha value is -1.20. The zero-order valence-electron chi connectivity index (χ0n) is 8.84. The SMILES string of the molecule is COc1cccc(C2N[C@@H](C(=O)O)CS2)c1. The van der Waals surface area contributed by atoms with Gasteiger partial charge in [-0.1, -0.05) is 12.1 Å². The van der Waals surface area contributed by atoms with Gasteiger partial charge in [0.2, 0.25) is 0 Å². The number of carbonyl (C=O) groups is 1. The van der Waals surface area contributed by atoms with Crippen LogP contribution in [0, 0.1) is 0 Å². The van der Waals surface area contributed by atoms with Crippen molar-refractivity contribution in [1.82, 2.24) is 5.32 Å². The molecule has 5 heteroatoms. The zero-order valence-corrected chi connectivity index (χ0v) is 9.66. The summed E-state index contributed by atoms with van der Waals surface area (Å²) in [4.78, 5) is 10.8. The molecule has 2 rings (SSSR count). The molecule has 0 spiro atoms. The summed E-state index contributed by atoms with van der Waals surface area (Å²) in [5.74, 6) is 0.591. The number of rotatable bonds is 3. The van der Waals surface area contributed by atoms with Crippen LogP contribution >= 0.6 is 11.8 Å². The molecule has 0 saturated carbocycles. The molecule has 2 N–H and O–H groups in total. The standard InChI is InChI=1S/C11H13NO3S/c1-15-8-4-2-3-7(5-8)10-12-9(6-16-10)11(13)14/h2-5,9-10,12H,6H2,1H3,(H,13,14)/t9-,10?/m1/s1. The molecule has 0 aliphatic carbocycles. The van der Waals surface area contributed by atoms with Crippen LogP contribution in [0.15, 0.2) is 24.3 Å². The predicted molar refractivity (Wildman–Crippen MR) is 62.8 cm³/mol. The van der Waals surface area contributed by atoms with Gasteiger partial charge in [-0.25, -0.2) is 0 Å². The number of methoxy groups -OCH3 is 1. The highest BCUT2D eigenvalue weighted by Gasteiger charge is 2.30. The zero-order chi connectivity index (χ0) is 11.5. The maximum Gasteiger partial charge on any atom is 0.321 e. The highest BCUT2D eigenvalue weighted by molar-refractivity contribution is 7.99. The van der Waals surface area contributed by atoms with Gasteiger partial charge in [-0.05, 0) is 17.7 Å². The molecular weight excluding hydrogens is 226 g/mol. The van der Waals surface area contributed by atoms with Crippen molar-refractivity contribution in [3.8, 4) is 5.75 Å². The molecule has 86 valence electrons. The van der Waals surface area contributed by atoms with E-state index in [2.05, 4.69) is 5.32 Å². The number of ether oxygens (including phenoxy) is 1. The average Bonchev–Trinajstić information content (AvgIpc) is 2.78. The average molecular weight is 239 g/mol. The lowest BCUT2D eigenvalue weighted by molar-refractivity contribution is -0.138. The van der Waals surface area contributed by atoms with Gasteiger partial charge < -0.3 is 9.84 Å². The number of hydrogen-bond donors (Lipinski definition) is 2. The molecule has 1 fully saturated rings. The lowest BCUT2D eigenvalue weighted by Crippen LogP contribution is -2.33. The fraction of sp³-hybridized carbons (Fsp3) is 0.364. The molecule has 1 aromatic carbocycles. The van der Waals surface area contributed by atoms with Crippen LogP contribution in [0.25, 0.3) is 0 Å². The summed E-state index contributed by atoms with van der Waals surface area (Å²) in [6.45, 7) is 0. The summed E-state index contributed by atoms with van der Waals surface area (Å²) in [6.07, 6.45) is 0. The van der Waals surface area contributed by atoms with Crippen LogP contribution in [0.4, 0.5) is 0 Å². The molecule has 1 heterocycles. The van der Waals surface area contributed by atoms with E-state index < -0.39 is 12.0 Å². The van der Waals surface area contributed by atoms with Crippen molar-refractivity contribution in [1.29, 1.82) is 0 Å². The van der Waals surface area contributed by atoms with Crippen LogP contribution in [0.3, 0.4) is 0 Å². The van der Waals surface area contributed by atoms with E-state index in [4.69, 9.17) is 9.84 Å². The van der Waals surface area contributed by atoms with E-state index in [0.29, 0.717) is 5.75 Å². The molecule has 2 atom stereocenters. The monoisotopic (exact) mass is 239 g/mol. The lowest BCUT2D eigenvalue weighted by atomic mass is 10.2. The molecule has 1 aromatic rings. The van der Waals surface area contributed by atoms with Crippen molar-refractivity contribution >= 4 is 17.7 Å². The number of hydrogen-bond acceptors (Lipinski definition) is 4. The minimum atomic E-state index is -0.794. The molecule has 1 unspecified atom stereocenters. The van der Waals surface area contributed by atoms with Crippen LogP contribution in [0.5, 0.6) is 5.75 Å². The van der Waals surface area contributed by atoms with Crippen molar-refractivity contribution in [3.63, 3.8) is 0 Å². The normalized spacial score (nSPS) is 24.3. The van der Waals surface area contributed by atoms with Crippen LogP contribution in [0.1, 0.15) is 10.9 Å². The van der Waals surface area contributed by atoms with E-state index in [1.54, 1.807) is 18.9 Å². The smallest absolute Gasteiger partial charge is 0.321 e. The van der Waals surface area contributed by atoms with E-state index >= 15 is 0 Å². The topological polar surface area (TPSA) is 58.6 Å². The molecule has 1 aliphatic rings. The number of thioether (sulfide) groups is 1. The first-order chi connectivity index (χ1) is 7.70. The lowest BCUT2D eigenvalue weighted by Gasteiger charge is -2.12. The van der Waals surface area contributed by atoms with Gasteiger partial charge in [0, 0.05) is 5.75 Å². The van der Waals surface area contributed by atoms with E-state index in [9.17, 15) is 4.79 Å². The van der Waals surface area contributed by atoms with Crippen LogP contribution < -0.4 is 10.1 Å². The van der Waals surface area contributed by atoms with Gasteiger partial charge >= 0.3 is 5.97 Å². The Balaban J connectivity index is 2.11. The van der Waals surface area contributed by atoms with E-state index in [-0.39, 0.29) is 5.37 Å². The third-order valence-corrected chi connectivity index (χ3v) is 3.74. The summed E-state index contributed by atoms with van der Waals surface area (Å²) < 4.78 is 5.14. The Morgan fingerprint density at radius 1 is 1.62 bits per heavy atom. The van der Waals surface area contributed by atoms with Crippen molar-refractivity contribution in [3.05, 3.63) is 29.8 Å². The molecule has 16 heavy (non-hydrogen) atoms. The molecule has 0 amide bonds. The largest absolute Gasteiger partial charge is 0.497 e. The van der Waals surface area contributed by atoms with Crippen LogP contribution in [-0.4, -0.2) is 30.0 Å². The Kier molecular flexibility index (Phi) is 3.36. The van der Waals surface area contributed by atoms with Gasteiger partial charge in [-0.3, -0.25) is 10.1 Å². The Labute approximate surface area is 98.0 Å². The highest BCUT2D eigenvalue weighted by Crippen LogP contribution is 2.34. The second-order valence-corrected chi connectivity index (χ2v) is 4.69. The van der Waals surface area contributed by atoms with Gasteiger partial charge in [0.25, 0.3) is 0 Å². The van der Waals surface area contributed by atoms with Gasteiger partial charge in [-0.15, -0.1) is 11.8 Å². The predicted octanol–water partition coefficient (Wildman–Crippen LogP) is 1.48. The third kappa shape index (κ3) is 2.31. The van der Waals surface area contributed by atoms with Crippen molar-refractivity contribution in [2.24, 2.45) is 0 Å². The quantitative estimate of drug-likeness (QED) is 0.836. The molecule has 4 nitrogen and oxygen atoms in total. The number of benzene rings is 1. The molecule has 1 saturated heterocycles. The van der Waals surface area contributed by atoms with Crippen LogP contribution in [-0.2, 0) is 4.79 Å². The summed E-state index contributed by atoms with van der Waals surface area (Å²) in [5, 5.41) is 12.0. The maximum atomic E-state index is 10.8. The van der Waals surface area contributed by atoms with E-state index in [1.165, 1.54) is 0 Å². The first-order valence-electron chi connectivity index (χ1n) is 4.95. The van der Waals surface area contributed by atoms with Gasteiger partial charge in [-0.2, -0.15) is 0 Å². The van der Waals surface area contributed by atoms with Crippen molar-refractivity contribution in [2.75, 3.05) is 12.9 Å². The first-order valence-corrected chi connectivity index (χ1v) is 6.00. The number of aliphatic carboxylic acids is 1. The summed E-state index contributed by atoms with van der Waals surface area (Å²) in [6, 6.07) is 7.22. The second-order valence-electron chi connectivity index (χ2n) is 3.55. The third-order valence-electron chi connectivity index (χ3n) is 2.48. The molecular formula is C11H13NO3S. The number of carboxylic acids is 1. The number of nitrogens with one attached hydrogen (secondary N) is 1. The Morgan fingerprint density at radius 3 is 3.06 bits per heavy atom. The molecule has 0 radical (unpaired) electrons. The van der Waals surface area contributed by atoms with Crippen LogP contribution in [0.2, 0.25) is 0 Å². The van der Waals surface area contributed by atoms with Gasteiger partial charge in [0.1, 0.15) is 11.8 Å². The maximum absolute atomic E-state index is 10.8. The van der Waals surface area contributed by atoms with Crippen molar-refractivity contribution in [2.45, 2.75) is 11.4 Å². The Bertz CT molecular complexity index is 397. The van der Waals surface area contributed by atoms with E-state index in [1.807, 2.05) is 24.3 Å². The minimum absolute atomic E-state index is 0.0381. The summed E-state index contributed by atoms with van der Waals surface area (Å²) in [5.41, 5.74) is 1.05. The van der Waals surface area contributed by atoms with Crippen molar-refractivity contribution < 1.29 is 14.6 Å². The first kappa shape index (κ1) is 11.3. The highest BCUT2D eigenvalue weighted by atomic mass is 32.2. The molecule has 1 aliphatic heterocycles. The second kappa shape index (κ2) is 4.76. The van der Waals surface area contributed by atoms with E-state index in [0.717, 1.165) is 11.3 Å². The fourth-order valence-electron chi connectivity index (χ4n) is 1.61. The van der Waals surface area contributed by atoms with Gasteiger partial charge in [0.15, 0.2) is 0 Å². The Morgan fingerprint density at radius 2 is 2.44 bits per heavy atom. The summed E-state index contributed by atoms with van der Waals surface area (Å²) >= 11 is 1.60.